The molecule has 1 aliphatic heterocycles. The number of hydrogen-bond acceptors (Lipinski definition) is 5. The lowest BCUT2D eigenvalue weighted by molar-refractivity contribution is 0.0708. The molecule has 1 amide bonds. The Balaban J connectivity index is 1.25. The first-order valence-electron chi connectivity index (χ1n) is 11.6. The highest BCUT2D eigenvalue weighted by molar-refractivity contribution is 7.13. The SMILES string of the molecule is CN(C)c1cccc(-c2cccc(C3CCN(C(=O)c4csc(-c5cccnc5)n4)CC3)c2)c1. The summed E-state index contributed by atoms with van der Waals surface area (Å²) < 4.78 is 0. The van der Waals surface area contributed by atoms with E-state index in [-0.39, 0.29) is 5.91 Å². The molecule has 2 aromatic carbocycles. The van der Waals surface area contributed by atoms with Crippen LogP contribution in [0, 0.1) is 0 Å². The molecule has 0 radical (unpaired) electrons. The maximum Gasteiger partial charge on any atom is 0.273 e. The summed E-state index contributed by atoms with van der Waals surface area (Å²) in [4.78, 5) is 25.9. The molecule has 0 atom stereocenters. The summed E-state index contributed by atoms with van der Waals surface area (Å²) in [5, 5.41) is 2.70. The number of carbonyl (C=O) groups is 1. The highest BCUT2D eigenvalue weighted by atomic mass is 32.1. The fraction of sp³-hybridized carbons (Fsp3) is 0.250. The summed E-state index contributed by atoms with van der Waals surface area (Å²) in [5.41, 5.74) is 6.50. The van der Waals surface area contributed by atoms with Gasteiger partial charge in [0.2, 0.25) is 0 Å². The molecular weight excluding hydrogens is 440 g/mol. The zero-order valence-electron chi connectivity index (χ0n) is 19.5. The van der Waals surface area contributed by atoms with Gasteiger partial charge in [-0.05, 0) is 59.7 Å². The van der Waals surface area contributed by atoms with Crippen molar-refractivity contribution >= 4 is 22.9 Å². The first-order valence-corrected chi connectivity index (χ1v) is 12.5. The van der Waals surface area contributed by atoms with Crippen LogP contribution in [0.4, 0.5) is 5.69 Å². The van der Waals surface area contributed by atoms with Crippen LogP contribution in [0.1, 0.15) is 34.8 Å². The van der Waals surface area contributed by atoms with Gasteiger partial charge in [-0.3, -0.25) is 9.78 Å². The molecule has 0 spiro atoms. The lowest BCUT2D eigenvalue weighted by Gasteiger charge is -2.32. The molecule has 172 valence electrons. The third-order valence-corrected chi connectivity index (χ3v) is 7.36. The van der Waals surface area contributed by atoms with E-state index in [1.807, 2.05) is 22.4 Å². The average molecular weight is 469 g/mol. The van der Waals surface area contributed by atoms with Gasteiger partial charge >= 0.3 is 0 Å². The second-order valence-corrected chi connectivity index (χ2v) is 9.77. The quantitative estimate of drug-likeness (QED) is 0.363. The number of hydrogen-bond donors (Lipinski definition) is 0. The van der Waals surface area contributed by atoms with Gasteiger partial charge in [-0.1, -0.05) is 36.4 Å². The normalized spacial score (nSPS) is 14.2. The van der Waals surface area contributed by atoms with Crippen LogP contribution in [0.3, 0.4) is 0 Å². The zero-order chi connectivity index (χ0) is 23.5. The Hall–Kier alpha value is -3.51. The van der Waals surface area contributed by atoms with E-state index in [4.69, 9.17) is 0 Å². The van der Waals surface area contributed by atoms with Crippen molar-refractivity contribution in [1.82, 2.24) is 14.9 Å². The van der Waals surface area contributed by atoms with Crippen molar-refractivity contribution in [3.8, 4) is 21.7 Å². The fourth-order valence-corrected chi connectivity index (χ4v) is 5.29. The van der Waals surface area contributed by atoms with E-state index in [1.165, 1.54) is 33.7 Å². The highest BCUT2D eigenvalue weighted by Gasteiger charge is 2.26. The van der Waals surface area contributed by atoms with Gasteiger partial charge in [-0.15, -0.1) is 11.3 Å². The van der Waals surface area contributed by atoms with Crippen LogP contribution >= 0.6 is 11.3 Å². The molecule has 0 aliphatic carbocycles. The molecule has 1 fully saturated rings. The van der Waals surface area contributed by atoms with Crippen LogP contribution < -0.4 is 4.90 Å². The number of piperidine rings is 1. The number of nitrogens with zero attached hydrogens (tertiary/aromatic N) is 4. The topological polar surface area (TPSA) is 49.3 Å². The maximum absolute atomic E-state index is 13.1. The van der Waals surface area contributed by atoms with Crippen molar-refractivity contribution in [1.29, 1.82) is 0 Å². The molecule has 5 rings (SSSR count). The first-order chi connectivity index (χ1) is 16.6. The minimum absolute atomic E-state index is 0.0269. The van der Waals surface area contributed by atoms with Crippen molar-refractivity contribution in [3.63, 3.8) is 0 Å². The second kappa shape index (κ2) is 9.77. The summed E-state index contributed by atoms with van der Waals surface area (Å²) in [6.07, 6.45) is 5.45. The molecule has 1 saturated heterocycles. The molecule has 3 heterocycles. The summed E-state index contributed by atoms with van der Waals surface area (Å²) in [7, 11) is 4.13. The third kappa shape index (κ3) is 4.73. The molecule has 0 bridgehead atoms. The number of anilines is 1. The number of rotatable bonds is 5. The van der Waals surface area contributed by atoms with Crippen LogP contribution in [0.5, 0.6) is 0 Å². The minimum Gasteiger partial charge on any atom is -0.378 e. The number of carbonyl (C=O) groups excluding carboxylic acids is 1. The van der Waals surface area contributed by atoms with Crippen LogP contribution in [0.2, 0.25) is 0 Å². The molecule has 1 aliphatic rings. The van der Waals surface area contributed by atoms with Crippen LogP contribution in [0.15, 0.2) is 78.4 Å². The molecule has 5 nitrogen and oxygen atoms in total. The van der Waals surface area contributed by atoms with Crippen molar-refractivity contribution in [2.24, 2.45) is 0 Å². The monoisotopic (exact) mass is 468 g/mol. The lowest BCUT2D eigenvalue weighted by Crippen LogP contribution is -2.38. The van der Waals surface area contributed by atoms with Crippen molar-refractivity contribution < 1.29 is 4.79 Å². The lowest BCUT2D eigenvalue weighted by atomic mass is 9.87. The van der Waals surface area contributed by atoms with Crippen LogP contribution in [-0.4, -0.2) is 48.0 Å². The number of likely N-dealkylation sites (tertiary alicyclic amines) is 1. The highest BCUT2D eigenvalue weighted by Crippen LogP contribution is 2.33. The summed E-state index contributed by atoms with van der Waals surface area (Å²) >= 11 is 1.49. The van der Waals surface area contributed by atoms with Crippen molar-refractivity contribution in [2.75, 3.05) is 32.1 Å². The van der Waals surface area contributed by atoms with E-state index >= 15 is 0 Å². The maximum atomic E-state index is 13.1. The van der Waals surface area contributed by atoms with Gasteiger partial charge < -0.3 is 9.80 Å². The van der Waals surface area contributed by atoms with Gasteiger partial charge in [-0.25, -0.2) is 4.98 Å². The Bertz CT molecular complexity index is 1280. The van der Waals surface area contributed by atoms with Gasteiger partial charge in [0.05, 0.1) is 0 Å². The van der Waals surface area contributed by atoms with Crippen LogP contribution in [0.25, 0.3) is 21.7 Å². The smallest absolute Gasteiger partial charge is 0.273 e. The van der Waals surface area contributed by atoms with E-state index in [9.17, 15) is 4.79 Å². The van der Waals surface area contributed by atoms with E-state index in [0.717, 1.165) is 36.5 Å². The molecule has 2 aromatic heterocycles. The Morgan fingerprint density at radius 1 is 0.971 bits per heavy atom. The summed E-state index contributed by atoms with van der Waals surface area (Å²) in [6.45, 7) is 1.51. The van der Waals surface area contributed by atoms with E-state index in [0.29, 0.717) is 11.6 Å². The summed E-state index contributed by atoms with van der Waals surface area (Å²) in [5.74, 6) is 0.488. The Morgan fingerprint density at radius 3 is 2.44 bits per heavy atom. The van der Waals surface area contributed by atoms with Crippen molar-refractivity contribution in [2.45, 2.75) is 18.8 Å². The van der Waals surface area contributed by atoms with Gasteiger partial charge in [0.15, 0.2) is 0 Å². The number of pyridine rings is 1. The molecule has 6 heteroatoms. The molecule has 0 N–H and O–H groups in total. The minimum atomic E-state index is 0.0269. The van der Waals surface area contributed by atoms with Gasteiger partial charge in [-0.2, -0.15) is 0 Å². The molecule has 0 saturated carbocycles. The fourth-order valence-electron chi connectivity index (χ4n) is 4.51. The van der Waals surface area contributed by atoms with E-state index < -0.39 is 0 Å². The predicted molar refractivity (Wildman–Crippen MR) is 139 cm³/mol. The largest absolute Gasteiger partial charge is 0.378 e. The molecule has 4 aromatic rings. The third-order valence-electron chi connectivity index (χ3n) is 6.47. The van der Waals surface area contributed by atoms with Gasteiger partial charge in [0.25, 0.3) is 5.91 Å². The number of benzene rings is 2. The number of aromatic nitrogens is 2. The Kier molecular flexibility index (Phi) is 6.41. The van der Waals surface area contributed by atoms with Crippen molar-refractivity contribution in [3.05, 3.63) is 89.7 Å². The van der Waals surface area contributed by atoms with E-state index in [2.05, 4.69) is 77.5 Å². The molecule has 0 unspecified atom stereocenters. The van der Waals surface area contributed by atoms with Crippen LogP contribution in [-0.2, 0) is 0 Å². The van der Waals surface area contributed by atoms with Gasteiger partial charge in [0.1, 0.15) is 10.7 Å². The second-order valence-electron chi connectivity index (χ2n) is 8.92. The zero-order valence-corrected chi connectivity index (χ0v) is 20.3. The number of amides is 1. The van der Waals surface area contributed by atoms with Gasteiger partial charge in [0, 0.05) is 56.2 Å². The molecule has 34 heavy (non-hydrogen) atoms. The Morgan fingerprint density at radius 2 is 1.71 bits per heavy atom. The number of thiazole rings is 1. The average Bonchev–Trinajstić information content (AvgIpc) is 3.39. The standard InChI is InChI=1S/C28H28N4OS/c1-31(2)25-10-4-8-23(17-25)22-7-3-6-21(16-22)20-11-14-32(15-12-20)28(33)26-19-34-27(30-26)24-9-5-13-29-18-24/h3-10,13,16-20H,11-12,14-15H2,1-2H3. The molecular formula is C28H28N4OS. The predicted octanol–water partition coefficient (Wildman–Crippen LogP) is 5.96. The Labute approximate surface area is 204 Å². The summed E-state index contributed by atoms with van der Waals surface area (Å²) in [6, 6.07) is 21.4. The van der Waals surface area contributed by atoms with E-state index in [1.54, 1.807) is 12.4 Å². The first kappa shape index (κ1) is 22.3.